The second-order valence-corrected chi connectivity index (χ2v) is 3.10. The predicted octanol–water partition coefficient (Wildman–Crippen LogP) is 1.93. The van der Waals surface area contributed by atoms with E-state index >= 15 is 0 Å². The van der Waals surface area contributed by atoms with Gasteiger partial charge in [-0.1, -0.05) is 6.92 Å². The standard InChI is InChI=1S/C6H15NOS/c1-5-6(2)7(3)9-8-4/h6H,5H2,1-4H3. The lowest BCUT2D eigenvalue weighted by atomic mass is 10.3. The Morgan fingerprint density at radius 2 is 2.22 bits per heavy atom. The third kappa shape index (κ3) is 3.78. The average Bonchev–Trinajstić information content (AvgIpc) is 1.87. The quantitative estimate of drug-likeness (QED) is 0.447. The molecule has 9 heavy (non-hydrogen) atoms. The van der Waals surface area contributed by atoms with E-state index < -0.39 is 0 Å². The first-order chi connectivity index (χ1) is 4.22. The molecule has 3 heteroatoms. The Bertz CT molecular complexity index is 70.1. The monoisotopic (exact) mass is 149 g/mol. The zero-order chi connectivity index (χ0) is 7.28. The molecule has 0 fully saturated rings. The SMILES string of the molecule is CCC(C)N(C)SOC. The van der Waals surface area contributed by atoms with E-state index in [1.165, 1.54) is 12.2 Å². The van der Waals surface area contributed by atoms with E-state index in [0.717, 1.165) is 6.42 Å². The zero-order valence-corrected chi connectivity index (χ0v) is 7.36. The highest BCUT2D eigenvalue weighted by Crippen LogP contribution is 2.12. The van der Waals surface area contributed by atoms with Crippen molar-refractivity contribution in [2.45, 2.75) is 26.3 Å². The summed E-state index contributed by atoms with van der Waals surface area (Å²) in [7, 11) is 3.71. The Labute approximate surface area is 61.9 Å². The van der Waals surface area contributed by atoms with E-state index in [-0.39, 0.29) is 0 Å². The molecule has 56 valence electrons. The lowest BCUT2D eigenvalue weighted by molar-refractivity contribution is 0.375. The van der Waals surface area contributed by atoms with E-state index in [1.807, 2.05) is 7.05 Å². The highest BCUT2D eigenvalue weighted by Gasteiger charge is 2.05. The summed E-state index contributed by atoms with van der Waals surface area (Å²) in [4.78, 5) is 0. The molecule has 0 aliphatic heterocycles. The van der Waals surface area contributed by atoms with Crippen molar-refractivity contribution < 1.29 is 4.18 Å². The highest BCUT2D eigenvalue weighted by molar-refractivity contribution is 7.92. The summed E-state index contributed by atoms with van der Waals surface area (Å²) in [5.41, 5.74) is 0. The smallest absolute Gasteiger partial charge is 0.0816 e. The van der Waals surface area contributed by atoms with Crippen molar-refractivity contribution in [1.82, 2.24) is 4.31 Å². The largest absolute Gasteiger partial charge is 0.304 e. The van der Waals surface area contributed by atoms with E-state index in [2.05, 4.69) is 18.2 Å². The van der Waals surface area contributed by atoms with Crippen LogP contribution in [0.5, 0.6) is 0 Å². The van der Waals surface area contributed by atoms with Crippen LogP contribution in [0.1, 0.15) is 20.3 Å². The topological polar surface area (TPSA) is 12.5 Å². The Morgan fingerprint density at radius 3 is 2.56 bits per heavy atom. The lowest BCUT2D eigenvalue weighted by Gasteiger charge is -2.19. The minimum atomic E-state index is 0.593. The third-order valence-electron chi connectivity index (χ3n) is 1.40. The van der Waals surface area contributed by atoms with Crippen molar-refractivity contribution in [1.29, 1.82) is 0 Å². The maximum absolute atomic E-state index is 4.87. The summed E-state index contributed by atoms with van der Waals surface area (Å²) >= 11 is 1.40. The summed E-state index contributed by atoms with van der Waals surface area (Å²) < 4.78 is 6.97. The van der Waals surface area contributed by atoms with Crippen LogP contribution in [-0.2, 0) is 4.18 Å². The molecule has 0 aliphatic carbocycles. The summed E-state index contributed by atoms with van der Waals surface area (Å²) in [6.45, 7) is 4.34. The van der Waals surface area contributed by atoms with Crippen LogP contribution in [0, 0.1) is 0 Å². The second-order valence-electron chi connectivity index (χ2n) is 2.04. The minimum Gasteiger partial charge on any atom is -0.304 e. The fraction of sp³-hybridized carbons (Fsp3) is 1.00. The van der Waals surface area contributed by atoms with Gasteiger partial charge in [-0.3, -0.25) is 0 Å². The number of hydrogen-bond donors (Lipinski definition) is 0. The molecule has 1 unspecified atom stereocenters. The van der Waals surface area contributed by atoms with Gasteiger partial charge in [0.05, 0.1) is 19.3 Å². The summed E-state index contributed by atoms with van der Waals surface area (Å²) in [5.74, 6) is 0. The van der Waals surface area contributed by atoms with Gasteiger partial charge in [0, 0.05) is 6.04 Å². The Morgan fingerprint density at radius 1 is 1.67 bits per heavy atom. The molecule has 0 aromatic heterocycles. The van der Waals surface area contributed by atoms with Crippen LogP contribution in [0.25, 0.3) is 0 Å². The van der Waals surface area contributed by atoms with Gasteiger partial charge < -0.3 is 4.18 Å². The van der Waals surface area contributed by atoms with Gasteiger partial charge in [0.25, 0.3) is 0 Å². The summed E-state index contributed by atoms with van der Waals surface area (Å²) in [6.07, 6.45) is 1.16. The van der Waals surface area contributed by atoms with Gasteiger partial charge in [-0.05, 0) is 20.4 Å². The maximum atomic E-state index is 4.87. The van der Waals surface area contributed by atoms with Crippen molar-refractivity contribution in [2.24, 2.45) is 0 Å². The first-order valence-electron chi connectivity index (χ1n) is 3.16. The molecule has 0 heterocycles. The molecule has 0 radical (unpaired) electrons. The molecule has 0 saturated heterocycles. The van der Waals surface area contributed by atoms with E-state index in [9.17, 15) is 0 Å². The van der Waals surface area contributed by atoms with Crippen molar-refractivity contribution >= 4 is 12.2 Å². The molecule has 0 rings (SSSR count). The summed E-state index contributed by atoms with van der Waals surface area (Å²) in [5, 5.41) is 0. The van der Waals surface area contributed by atoms with Crippen molar-refractivity contribution in [3.63, 3.8) is 0 Å². The number of hydrogen-bond acceptors (Lipinski definition) is 3. The van der Waals surface area contributed by atoms with E-state index in [1.54, 1.807) is 7.11 Å². The van der Waals surface area contributed by atoms with Gasteiger partial charge in [0.2, 0.25) is 0 Å². The third-order valence-corrected chi connectivity index (χ3v) is 2.15. The zero-order valence-electron chi connectivity index (χ0n) is 6.55. The van der Waals surface area contributed by atoms with Gasteiger partial charge in [0.15, 0.2) is 0 Å². The van der Waals surface area contributed by atoms with Gasteiger partial charge in [-0.2, -0.15) is 0 Å². The van der Waals surface area contributed by atoms with Crippen LogP contribution >= 0.6 is 12.2 Å². The molecule has 2 nitrogen and oxygen atoms in total. The fourth-order valence-electron chi connectivity index (χ4n) is 0.448. The number of rotatable bonds is 4. The molecule has 0 saturated carbocycles. The number of nitrogens with zero attached hydrogens (tertiary/aromatic N) is 1. The molecule has 0 spiro atoms. The Kier molecular flexibility index (Phi) is 5.24. The molecule has 0 aromatic carbocycles. The van der Waals surface area contributed by atoms with Crippen molar-refractivity contribution in [2.75, 3.05) is 14.2 Å². The van der Waals surface area contributed by atoms with Crippen LogP contribution in [0.4, 0.5) is 0 Å². The maximum Gasteiger partial charge on any atom is 0.0816 e. The van der Waals surface area contributed by atoms with Crippen molar-refractivity contribution in [3.8, 4) is 0 Å². The van der Waals surface area contributed by atoms with E-state index in [0.29, 0.717) is 6.04 Å². The van der Waals surface area contributed by atoms with Gasteiger partial charge in [-0.25, -0.2) is 4.31 Å². The Balaban J connectivity index is 3.32. The van der Waals surface area contributed by atoms with Crippen molar-refractivity contribution in [3.05, 3.63) is 0 Å². The normalized spacial score (nSPS) is 14.3. The first kappa shape index (κ1) is 9.27. The highest BCUT2D eigenvalue weighted by atomic mass is 32.2. The predicted molar refractivity (Wildman–Crippen MR) is 42.1 cm³/mol. The van der Waals surface area contributed by atoms with Crippen LogP contribution in [0.2, 0.25) is 0 Å². The molecule has 0 bridgehead atoms. The molecular formula is C6H15NOS. The van der Waals surface area contributed by atoms with Gasteiger partial charge in [-0.15, -0.1) is 0 Å². The average molecular weight is 149 g/mol. The minimum absolute atomic E-state index is 0.593. The summed E-state index contributed by atoms with van der Waals surface area (Å²) in [6, 6.07) is 0.593. The lowest BCUT2D eigenvalue weighted by Crippen LogP contribution is -2.21. The van der Waals surface area contributed by atoms with Crippen LogP contribution in [-0.4, -0.2) is 24.5 Å². The fourth-order valence-corrected chi connectivity index (χ4v) is 0.979. The molecule has 0 aromatic rings. The van der Waals surface area contributed by atoms with Gasteiger partial charge >= 0.3 is 0 Å². The Hall–Kier alpha value is 0.270. The molecule has 0 N–H and O–H groups in total. The van der Waals surface area contributed by atoms with Crippen LogP contribution < -0.4 is 0 Å². The van der Waals surface area contributed by atoms with E-state index in [4.69, 9.17) is 4.18 Å². The second kappa shape index (κ2) is 5.09. The molecule has 1 atom stereocenters. The molecule has 0 aliphatic rings. The van der Waals surface area contributed by atoms with Gasteiger partial charge in [0.1, 0.15) is 0 Å². The first-order valence-corrected chi connectivity index (χ1v) is 3.85. The van der Waals surface area contributed by atoms with Crippen LogP contribution in [0.15, 0.2) is 0 Å². The van der Waals surface area contributed by atoms with Crippen LogP contribution in [0.3, 0.4) is 0 Å². The molecular weight excluding hydrogens is 134 g/mol. The molecule has 0 amide bonds.